The van der Waals surface area contributed by atoms with Crippen LogP contribution in [0.4, 0.5) is 0 Å². The molecule has 7 nitrogen and oxygen atoms in total. The second-order valence-corrected chi connectivity index (χ2v) is 3.05. The van der Waals surface area contributed by atoms with Crippen molar-refractivity contribution in [1.29, 1.82) is 5.41 Å². The van der Waals surface area contributed by atoms with Gasteiger partial charge in [-0.25, -0.2) is 0 Å². The van der Waals surface area contributed by atoms with Crippen molar-refractivity contribution in [2.75, 3.05) is 7.11 Å². The molecule has 0 aliphatic rings. The van der Waals surface area contributed by atoms with Crippen LogP contribution in [0.1, 0.15) is 5.56 Å². The highest BCUT2D eigenvalue weighted by Gasteiger charge is 2.08. The van der Waals surface area contributed by atoms with E-state index in [2.05, 4.69) is 15.5 Å². The van der Waals surface area contributed by atoms with Crippen LogP contribution in [0, 0.1) is 5.41 Å². The quantitative estimate of drug-likeness (QED) is 0.555. The third kappa shape index (κ3) is 1.70. The molecule has 16 heavy (non-hydrogen) atoms. The Bertz CT molecular complexity index is 507. The number of hydrogen-bond acceptors (Lipinski definition) is 5. The predicted octanol–water partition coefficient (Wildman–Crippen LogP) is -0.0450. The summed E-state index contributed by atoms with van der Waals surface area (Å²) in [6.07, 6.45) is 1.45. The first kappa shape index (κ1) is 10.1. The molecule has 0 fully saturated rings. The molecule has 0 atom stereocenters. The van der Waals surface area contributed by atoms with Gasteiger partial charge in [-0.2, -0.15) is 4.68 Å². The fourth-order valence-corrected chi connectivity index (χ4v) is 1.31. The van der Waals surface area contributed by atoms with E-state index >= 15 is 0 Å². The Morgan fingerprint density at radius 1 is 1.50 bits per heavy atom. The number of amidine groups is 1. The number of rotatable bonds is 3. The van der Waals surface area contributed by atoms with E-state index in [9.17, 15) is 0 Å². The number of hydrogen-bond donors (Lipinski definition) is 2. The molecule has 1 heterocycles. The van der Waals surface area contributed by atoms with E-state index in [0.29, 0.717) is 17.0 Å². The summed E-state index contributed by atoms with van der Waals surface area (Å²) in [6, 6.07) is 5.11. The van der Waals surface area contributed by atoms with Crippen molar-refractivity contribution < 1.29 is 4.74 Å². The molecule has 0 saturated heterocycles. The predicted molar refractivity (Wildman–Crippen MR) is 56.7 cm³/mol. The monoisotopic (exact) mass is 218 g/mol. The normalized spacial score (nSPS) is 10.1. The van der Waals surface area contributed by atoms with Crippen LogP contribution >= 0.6 is 0 Å². The van der Waals surface area contributed by atoms with Gasteiger partial charge in [0.1, 0.15) is 23.6 Å². The number of benzene rings is 1. The lowest BCUT2D eigenvalue weighted by Crippen LogP contribution is -2.12. The minimum absolute atomic E-state index is 0.0167. The number of methoxy groups -OCH3 is 1. The topological polar surface area (TPSA) is 103 Å². The largest absolute Gasteiger partial charge is 0.494 e. The molecule has 0 unspecified atom stereocenters. The summed E-state index contributed by atoms with van der Waals surface area (Å²) in [5.41, 5.74) is 6.64. The summed E-state index contributed by atoms with van der Waals surface area (Å²) < 4.78 is 6.63. The Hall–Kier alpha value is -2.44. The van der Waals surface area contributed by atoms with Crippen LogP contribution < -0.4 is 10.5 Å². The van der Waals surface area contributed by atoms with E-state index in [1.54, 1.807) is 25.3 Å². The molecule has 0 bridgehead atoms. The van der Waals surface area contributed by atoms with Crippen molar-refractivity contribution in [2.45, 2.75) is 0 Å². The van der Waals surface area contributed by atoms with Gasteiger partial charge >= 0.3 is 0 Å². The maximum absolute atomic E-state index is 7.36. The molecule has 0 radical (unpaired) electrons. The minimum Gasteiger partial charge on any atom is -0.494 e. The van der Waals surface area contributed by atoms with Crippen molar-refractivity contribution in [2.24, 2.45) is 5.73 Å². The molecular formula is C9H10N6O. The third-order valence-electron chi connectivity index (χ3n) is 2.09. The number of nitrogen functional groups attached to an aromatic ring is 1. The number of nitrogens with two attached hydrogens (primary N) is 1. The van der Waals surface area contributed by atoms with Crippen molar-refractivity contribution >= 4 is 5.84 Å². The van der Waals surface area contributed by atoms with Crippen LogP contribution in [0.15, 0.2) is 24.5 Å². The number of ether oxygens (including phenoxy) is 1. The van der Waals surface area contributed by atoms with Gasteiger partial charge in [-0.05, 0) is 28.6 Å². The summed E-state index contributed by atoms with van der Waals surface area (Å²) in [4.78, 5) is 0. The fourth-order valence-electron chi connectivity index (χ4n) is 1.31. The van der Waals surface area contributed by atoms with E-state index in [1.807, 2.05) is 0 Å². The molecule has 1 aromatic heterocycles. The van der Waals surface area contributed by atoms with Gasteiger partial charge in [0.25, 0.3) is 0 Å². The third-order valence-corrected chi connectivity index (χ3v) is 2.09. The molecule has 0 aliphatic heterocycles. The number of aromatic nitrogens is 4. The summed E-state index contributed by atoms with van der Waals surface area (Å²) in [7, 11) is 1.55. The number of nitrogens with one attached hydrogen (secondary N) is 1. The number of nitrogens with zero attached hydrogens (tertiary/aromatic N) is 4. The molecule has 3 N–H and O–H groups in total. The molecule has 1 aromatic carbocycles. The van der Waals surface area contributed by atoms with Gasteiger partial charge < -0.3 is 10.5 Å². The lowest BCUT2D eigenvalue weighted by Gasteiger charge is -2.08. The summed E-state index contributed by atoms with van der Waals surface area (Å²) in [5, 5.41) is 18.2. The molecule has 82 valence electrons. The summed E-state index contributed by atoms with van der Waals surface area (Å²) >= 11 is 0. The second kappa shape index (κ2) is 3.97. The average Bonchev–Trinajstić information content (AvgIpc) is 2.81. The van der Waals surface area contributed by atoms with Gasteiger partial charge in [0.15, 0.2) is 0 Å². The first-order chi connectivity index (χ1) is 7.72. The Morgan fingerprint density at radius 3 is 2.88 bits per heavy atom. The molecule has 0 saturated carbocycles. The van der Waals surface area contributed by atoms with Crippen LogP contribution in [-0.2, 0) is 0 Å². The maximum Gasteiger partial charge on any atom is 0.144 e. The van der Waals surface area contributed by atoms with Gasteiger partial charge in [0.2, 0.25) is 0 Å². The fraction of sp³-hybridized carbons (Fsp3) is 0.111. The Balaban J connectivity index is 2.56. The molecule has 0 amide bonds. The highest BCUT2D eigenvalue weighted by molar-refractivity contribution is 5.95. The van der Waals surface area contributed by atoms with Crippen LogP contribution in [0.2, 0.25) is 0 Å². The van der Waals surface area contributed by atoms with Crippen LogP contribution in [0.3, 0.4) is 0 Å². The van der Waals surface area contributed by atoms with Crippen LogP contribution in [0.5, 0.6) is 5.75 Å². The van der Waals surface area contributed by atoms with Crippen molar-refractivity contribution in [3.63, 3.8) is 0 Å². The van der Waals surface area contributed by atoms with Crippen molar-refractivity contribution in [3.8, 4) is 11.4 Å². The Labute approximate surface area is 91.3 Å². The molecule has 7 heteroatoms. The zero-order valence-corrected chi connectivity index (χ0v) is 8.58. The van der Waals surface area contributed by atoms with Crippen LogP contribution in [0.25, 0.3) is 5.69 Å². The lowest BCUT2D eigenvalue weighted by atomic mass is 10.1. The standard InChI is InChI=1S/C9H10N6O/c1-16-8-3-2-6(9(10)11)4-7(8)15-5-12-13-14-15/h2-5H,1H3,(H3,10,11). The zero-order valence-electron chi connectivity index (χ0n) is 8.58. The number of tetrazole rings is 1. The minimum atomic E-state index is -0.0167. The van der Waals surface area contributed by atoms with E-state index in [0.717, 1.165) is 0 Å². The van der Waals surface area contributed by atoms with E-state index in [1.165, 1.54) is 11.0 Å². The van der Waals surface area contributed by atoms with Crippen molar-refractivity contribution in [1.82, 2.24) is 20.2 Å². The Kier molecular flexibility index (Phi) is 2.50. The highest BCUT2D eigenvalue weighted by Crippen LogP contribution is 2.22. The summed E-state index contributed by atoms with van der Waals surface area (Å²) in [6.45, 7) is 0. The SMILES string of the molecule is COc1ccc(C(=N)N)cc1-n1cnnn1. The van der Waals surface area contributed by atoms with E-state index < -0.39 is 0 Å². The van der Waals surface area contributed by atoms with Gasteiger partial charge in [-0.1, -0.05) is 0 Å². The Morgan fingerprint density at radius 2 is 2.31 bits per heavy atom. The maximum atomic E-state index is 7.36. The van der Waals surface area contributed by atoms with Gasteiger partial charge in [0, 0.05) is 5.56 Å². The smallest absolute Gasteiger partial charge is 0.144 e. The second-order valence-electron chi connectivity index (χ2n) is 3.05. The molecule has 2 rings (SSSR count). The van der Waals surface area contributed by atoms with Crippen LogP contribution in [-0.4, -0.2) is 33.2 Å². The van der Waals surface area contributed by atoms with Gasteiger partial charge in [-0.15, -0.1) is 5.10 Å². The summed E-state index contributed by atoms with van der Waals surface area (Å²) in [5.74, 6) is 0.592. The molecular weight excluding hydrogens is 208 g/mol. The first-order valence-corrected chi connectivity index (χ1v) is 4.48. The average molecular weight is 218 g/mol. The molecule has 0 spiro atoms. The lowest BCUT2D eigenvalue weighted by molar-refractivity contribution is 0.411. The van der Waals surface area contributed by atoms with Gasteiger partial charge in [-0.3, -0.25) is 5.41 Å². The zero-order chi connectivity index (χ0) is 11.5. The highest BCUT2D eigenvalue weighted by atomic mass is 16.5. The van der Waals surface area contributed by atoms with Gasteiger partial charge in [0.05, 0.1) is 7.11 Å². The molecule has 2 aromatic rings. The van der Waals surface area contributed by atoms with Crippen molar-refractivity contribution in [3.05, 3.63) is 30.1 Å². The first-order valence-electron chi connectivity index (χ1n) is 4.48. The van der Waals surface area contributed by atoms with E-state index in [4.69, 9.17) is 15.9 Å². The molecule has 0 aliphatic carbocycles. The van der Waals surface area contributed by atoms with E-state index in [-0.39, 0.29) is 5.84 Å².